The smallest absolute Gasteiger partial charge is 0.0800 e. The van der Waals surface area contributed by atoms with E-state index in [0.717, 1.165) is 10.1 Å². The average molecular weight is 230 g/mol. The van der Waals surface area contributed by atoms with Crippen LogP contribution >= 0.6 is 15.9 Å². The van der Waals surface area contributed by atoms with Crippen LogP contribution in [0.4, 0.5) is 0 Å². The fourth-order valence-electron chi connectivity index (χ4n) is 0.682. The number of nitrogens with one attached hydrogen (secondary N) is 2. The van der Waals surface area contributed by atoms with Crippen molar-refractivity contribution in [3.8, 4) is 0 Å². The lowest BCUT2D eigenvalue weighted by atomic mass is 10.1. The van der Waals surface area contributed by atoms with Gasteiger partial charge in [-0.05, 0) is 31.7 Å². The Bertz CT molecular complexity index is 235. The second-order valence-electron chi connectivity index (χ2n) is 2.15. The zero-order valence-corrected chi connectivity index (χ0v) is 8.70. The standard InChI is InChI=1S/C7H7BrN2.CH5N/c1-4-2-6(9)7(10)3-5(4)8;1-2/h2-3,9-10H,1H3;2H2,1H3. The quantitative estimate of drug-likeness (QED) is 0.546. The van der Waals surface area contributed by atoms with Crippen molar-refractivity contribution >= 4 is 27.4 Å². The van der Waals surface area contributed by atoms with Crippen LogP contribution < -0.4 is 5.73 Å². The first-order valence-corrected chi connectivity index (χ1v) is 4.21. The van der Waals surface area contributed by atoms with Crippen LogP contribution in [0.5, 0.6) is 0 Å². The molecule has 0 aromatic carbocycles. The molecule has 0 radical (unpaired) electrons. The molecule has 0 spiro atoms. The third kappa shape index (κ3) is 2.71. The minimum absolute atomic E-state index is 0.262. The van der Waals surface area contributed by atoms with E-state index in [1.165, 1.54) is 7.05 Å². The maximum atomic E-state index is 7.25. The molecule has 12 heavy (non-hydrogen) atoms. The van der Waals surface area contributed by atoms with Gasteiger partial charge in [0, 0.05) is 4.48 Å². The Kier molecular flexibility index (Phi) is 4.70. The predicted molar refractivity (Wildman–Crippen MR) is 56.3 cm³/mol. The van der Waals surface area contributed by atoms with Crippen molar-refractivity contribution in [2.24, 2.45) is 5.73 Å². The molecule has 0 unspecified atom stereocenters. The first-order chi connectivity index (χ1) is 5.61. The van der Waals surface area contributed by atoms with Crippen LogP contribution in [0.2, 0.25) is 0 Å². The van der Waals surface area contributed by atoms with E-state index in [1.54, 1.807) is 12.2 Å². The molecule has 4 heteroatoms. The van der Waals surface area contributed by atoms with Gasteiger partial charge < -0.3 is 5.73 Å². The van der Waals surface area contributed by atoms with Gasteiger partial charge in [-0.25, -0.2) is 0 Å². The summed E-state index contributed by atoms with van der Waals surface area (Å²) in [7, 11) is 1.50. The van der Waals surface area contributed by atoms with Gasteiger partial charge in [-0.15, -0.1) is 0 Å². The molecule has 0 amide bonds. The van der Waals surface area contributed by atoms with E-state index < -0.39 is 0 Å². The fraction of sp³-hybridized carbons (Fsp3) is 0.250. The first kappa shape index (κ1) is 11.3. The SMILES string of the molecule is CC1=CC(=N)C(=N)C=C1Br.CN. The van der Waals surface area contributed by atoms with Gasteiger partial charge in [0.2, 0.25) is 0 Å². The molecule has 0 fully saturated rings. The zero-order valence-electron chi connectivity index (χ0n) is 7.11. The van der Waals surface area contributed by atoms with Crippen LogP contribution in [0.1, 0.15) is 6.92 Å². The van der Waals surface area contributed by atoms with Crippen molar-refractivity contribution in [2.45, 2.75) is 6.92 Å². The van der Waals surface area contributed by atoms with Gasteiger partial charge in [-0.3, -0.25) is 10.8 Å². The molecule has 0 aliphatic heterocycles. The number of hydrogen-bond donors (Lipinski definition) is 3. The Hall–Kier alpha value is -0.740. The van der Waals surface area contributed by atoms with Crippen LogP contribution in [0.15, 0.2) is 22.2 Å². The fourth-order valence-corrected chi connectivity index (χ4v) is 1.02. The molecule has 4 N–H and O–H groups in total. The van der Waals surface area contributed by atoms with Crippen LogP contribution in [0.25, 0.3) is 0 Å². The number of nitrogens with two attached hydrogens (primary N) is 1. The highest BCUT2D eigenvalue weighted by Gasteiger charge is 2.08. The Morgan fingerprint density at radius 2 is 1.58 bits per heavy atom. The molecule has 0 atom stereocenters. The largest absolute Gasteiger partial charge is 0.333 e. The lowest BCUT2D eigenvalue weighted by Gasteiger charge is -2.07. The molecule has 66 valence electrons. The highest BCUT2D eigenvalue weighted by atomic mass is 79.9. The number of allylic oxidation sites excluding steroid dienone is 4. The van der Waals surface area contributed by atoms with Crippen LogP contribution in [-0.4, -0.2) is 18.5 Å². The second kappa shape index (κ2) is 5.00. The predicted octanol–water partition coefficient (Wildman–Crippen LogP) is 1.84. The summed E-state index contributed by atoms with van der Waals surface area (Å²) in [5.74, 6) is 0. The van der Waals surface area contributed by atoms with Crippen molar-refractivity contribution in [3.05, 3.63) is 22.2 Å². The van der Waals surface area contributed by atoms with E-state index >= 15 is 0 Å². The number of halogens is 1. The van der Waals surface area contributed by atoms with Crippen molar-refractivity contribution in [1.82, 2.24) is 0 Å². The van der Waals surface area contributed by atoms with E-state index in [0.29, 0.717) is 0 Å². The number of rotatable bonds is 0. The van der Waals surface area contributed by atoms with Crippen LogP contribution in [0, 0.1) is 10.8 Å². The summed E-state index contributed by atoms with van der Waals surface area (Å²) in [5.41, 5.74) is 6.04. The van der Waals surface area contributed by atoms with Crippen LogP contribution in [-0.2, 0) is 0 Å². The topological polar surface area (TPSA) is 73.7 Å². The number of hydrogen-bond acceptors (Lipinski definition) is 3. The minimum atomic E-state index is 0.262. The summed E-state index contributed by atoms with van der Waals surface area (Å²) in [6.45, 7) is 1.90. The minimum Gasteiger partial charge on any atom is -0.333 e. The normalized spacial score (nSPS) is 16.0. The van der Waals surface area contributed by atoms with Gasteiger partial charge in [-0.1, -0.05) is 15.9 Å². The van der Waals surface area contributed by atoms with Gasteiger partial charge in [-0.2, -0.15) is 0 Å². The highest BCUT2D eigenvalue weighted by Crippen LogP contribution is 2.19. The molecule has 0 bridgehead atoms. The van der Waals surface area contributed by atoms with Gasteiger partial charge in [0.05, 0.1) is 11.4 Å². The maximum Gasteiger partial charge on any atom is 0.0800 e. The van der Waals surface area contributed by atoms with Gasteiger partial charge in [0.25, 0.3) is 0 Å². The maximum absolute atomic E-state index is 7.25. The van der Waals surface area contributed by atoms with Crippen molar-refractivity contribution in [1.29, 1.82) is 10.8 Å². The molecular formula is C8H12BrN3. The Morgan fingerprint density at radius 3 is 2.00 bits per heavy atom. The van der Waals surface area contributed by atoms with Crippen molar-refractivity contribution < 1.29 is 0 Å². The molecule has 0 saturated heterocycles. The summed E-state index contributed by atoms with van der Waals surface area (Å²) in [6.07, 6.45) is 3.31. The lowest BCUT2D eigenvalue weighted by Crippen LogP contribution is -2.10. The summed E-state index contributed by atoms with van der Waals surface area (Å²) >= 11 is 3.28. The molecule has 1 rings (SSSR count). The monoisotopic (exact) mass is 229 g/mol. The van der Waals surface area contributed by atoms with E-state index in [-0.39, 0.29) is 11.4 Å². The molecule has 0 heterocycles. The molecule has 0 aromatic heterocycles. The zero-order chi connectivity index (χ0) is 9.72. The van der Waals surface area contributed by atoms with Gasteiger partial charge >= 0.3 is 0 Å². The van der Waals surface area contributed by atoms with Crippen molar-refractivity contribution in [2.75, 3.05) is 7.05 Å². The molecule has 3 nitrogen and oxygen atoms in total. The van der Waals surface area contributed by atoms with E-state index in [1.807, 2.05) is 6.92 Å². The molecule has 0 saturated carbocycles. The molecule has 0 aromatic rings. The molecule has 1 aliphatic carbocycles. The second-order valence-corrected chi connectivity index (χ2v) is 3.00. The molecular weight excluding hydrogens is 218 g/mol. The van der Waals surface area contributed by atoms with Gasteiger partial charge in [0.1, 0.15) is 0 Å². The van der Waals surface area contributed by atoms with Crippen molar-refractivity contribution in [3.63, 3.8) is 0 Å². The third-order valence-corrected chi connectivity index (χ3v) is 2.15. The molecule has 1 aliphatic rings. The van der Waals surface area contributed by atoms with Gasteiger partial charge in [0.15, 0.2) is 0 Å². The van der Waals surface area contributed by atoms with E-state index in [9.17, 15) is 0 Å². The summed E-state index contributed by atoms with van der Waals surface area (Å²) < 4.78 is 0.897. The highest BCUT2D eigenvalue weighted by molar-refractivity contribution is 9.12. The van der Waals surface area contributed by atoms with E-state index in [2.05, 4.69) is 21.7 Å². The Morgan fingerprint density at radius 1 is 1.17 bits per heavy atom. The Balaban J connectivity index is 0.000000561. The van der Waals surface area contributed by atoms with E-state index in [4.69, 9.17) is 10.8 Å². The van der Waals surface area contributed by atoms with Crippen LogP contribution in [0.3, 0.4) is 0 Å². The third-order valence-electron chi connectivity index (χ3n) is 1.30. The lowest BCUT2D eigenvalue weighted by molar-refractivity contribution is 1.44. The summed E-state index contributed by atoms with van der Waals surface area (Å²) in [5, 5.41) is 14.5. The summed E-state index contributed by atoms with van der Waals surface area (Å²) in [6, 6.07) is 0. The summed E-state index contributed by atoms with van der Waals surface area (Å²) in [4.78, 5) is 0. The first-order valence-electron chi connectivity index (χ1n) is 3.42. The Labute approximate surface area is 80.5 Å². The average Bonchev–Trinajstić information content (AvgIpc) is 2.05.